The van der Waals surface area contributed by atoms with Crippen molar-refractivity contribution in [1.82, 2.24) is 39.6 Å². The van der Waals surface area contributed by atoms with Crippen LogP contribution in [0, 0.1) is 10.1 Å². The van der Waals surface area contributed by atoms with Gasteiger partial charge >= 0.3 is 24.5 Å². The zero-order valence-electron chi connectivity index (χ0n) is 41.7. The molecule has 3 aromatic carbocycles. The van der Waals surface area contributed by atoms with Crippen molar-refractivity contribution in [1.29, 1.82) is 0 Å². The molecule has 3 amide bonds. The number of nitrogens with zero attached hydrogens (tertiary/aromatic N) is 8. The van der Waals surface area contributed by atoms with E-state index in [1.165, 1.54) is 120 Å². The van der Waals surface area contributed by atoms with Crippen LogP contribution < -0.4 is 21.5 Å². The normalized spacial score (nSPS) is 17.4. The van der Waals surface area contributed by atoms with E-state index in [2.05, 4.69) is 31.4 Å². The number of piperidine rings is 2. The second-order valence-corrected chi connectivity index (χ2v) is 21.9. The van der Waals surface area contributed by atoms with Crippen LogP contribution in [0.2, 0.25) is 0 Å². The Labute approximate surface area is 449 Å². The van der Waals surface area contributed by atoms with E-state index in [-0.39, 0.29) is 34.4 Å². The number of nitrogens with one attached hydrogen (secondary N) is 1. The Balaban J connectivity index is 0.000000148. The van der Waals surface area contributed by atoms with E-state index in [0.717, 1.165) is 94.2 Å². The second kappa shape index (κ2) is 22.6. The van der Waals surface area contributed by atoms with E-state index in [1.54, 1.807) is 17.0 Å². The summed E-state index contributed by atoms with van der Waals surface area (Å²) in [5.74, 6) is -1.34. The van der Waals surface area contributed by atoms with Gasteiger partial charge in [-0.3, -0.25) is 29.5 Å². The van der Waals surface area contributed by atoms with Crippen LogP contribution in [0.15, 0.2) is 97.3 Å². The predicted molar refractivity (Wildman–Crippen MR) is 278 cm³/mol. The zero-order valence-corrected chi connectivity index (χ0v) is 43.4. The number of likely N-dealkylation sites (tertiary alicyclic amines) is 3. The molecule has 4 aliphatic heterocycles. The van der Waals surface area contributed by atoms with Gasteiger partial charge in [-0.1, -0.05) is 12.1 Å². The van der Waals surface area contributed by atoms with Crippen LogP contribution in [-0.4, -0.2) is 113 Å². The summed E-state index contributed by atoms with van der Waals surface area (Å²) >= 11 is 2.92. The minimum atomic E-state index is -4.35. The number of amides is 3. The number of primary amides is 2. The summed E-state index contributed by atoms with van der Waals surface area (Å²) in [6.45, 7) is 6.86. The number of hydrogen-bond acceptors (Lipinski definition) is 14. The van der Waals surface area contributed by atoms with E-state index in [4.69, 9.17) is 16.2 Å². The molecule has 4 aromatic heterocycles. The summed E-state index contributed by atoms with van der Waals surface area (Å²) in [4.78, 5) is 65.4. The monoisotopic (exact) mass is 1120 g/mol. The summed E-state index contributed by atoms with van der Waals surface area (Å²) in [6, 6.07) is 19.4. The molecule has 4 fully saturated rings. The number of halogens is 6. The van der Waals surface area contributed by atoms with Crippen LogP contribution in [0.1, 0.15) is 93.2 Å². The van der Waals surface area contributed by atoms with Crippen molar-refractivity contribution in [2.45, 2.75) is 87.9 Å². The fourth-order valence-corrected chi connectivity index (χ4v) is 13.0. The van der Waals surface area contributed by atoms with Crippen LogP contribution in [0.25, 0.3) is 20.2 Å². The van der Waals surface area contributed by atoms with Gasteiger partial charge in [0, 0.05) is 80.9 Å². The average Bonchev–Trinajstić information content (AvgIpc) is 4.30. The van der Waals surface area contributed by atoms with Crippen molar-refractivity contribution in [3.8, 4) is 5.75 Å². The molecule has 7 aromatic rings. The summed E-state index contributed by atoms with van der Waals surface area (Å²) in [5, 5.41) is 23.2. The Kier molecular flexibility index (Phi) is 16.1. The summed E-state index contributed by atoms with van der Waals surface area (Å²) < 4.78 is 86.1. The maximum absolute atomic E-state index is 13.1. The summed E-state index contributed by atoms with van der Waals surface area (Å²) in [6.07, 6.45) is 1.71. The smallest absolute Gasteiger partial charge is 0.409 e. The van der Waals surface area contributed by atoms with Gasteiger partial charge in [0.15, 0.2) is 11.4 Å². The van der Waals surface area contributed by atoms with E-state index < -0.39 is 46.3 Å². The molecule has 5 N–H and O–H groups in total. The van der Waals surface area contributed by atoms with E-state index in [0.29, 0.717) is 29.9 Å². The number of ether oxygens (including phenoxy) is 1. The van der Waals surface area contributed by atoms with Crippen molar-refractivity contribution in [2.75, 3.05) is 39.3 Å². The van der Waals surface area contributed by atoms with Crippen LogP contribution in [0.5, 0.6) is 5.75 Å². The van der Waals surface area contributed by atoms with Crippen molar-refractivity contribution >= 4 is 72.5 Å². The number of aromatic nitrogens is 4. The molecule has 4 aliphatic rings. The molecule has 78 heavy (non-hydrogen) atoms. The number of thiophene rings is 2. The van der Waals surface area contributed by atoms with Gasteiger partial charge in [-0.25, -0.2) is 9.59 Å². The van der Waals surface area contributed by atoms with E-state index >= 15 is 0 Å². The number of carbonyl (C=O) groups excluding carboxylic acids is 4. The molecule has 0 atom stereocenters. The van der Waals surface area contributed by atoms with E-state index in [1.807, 2.05) is 6.07 Å². The lowest BCUT2D eigenvalue weighted by molar-refractivity contribution is -0.384. The van der Waals surface area contributed by atoms with Gasteiger partial charge in [0.1, 0.15) is 5.75 Å². The van der Waals surface area contributed by atoms with Gasteiger partial charge in [-0.05, 0) is 149 Å². The average molecular weight is 1120 g/mol. The fourth-order valence-electron chi connectivity index (χ4n) is 10.7. The van der Waals surface area contributed by atoms with Crippen molar-refractivity contribution in [3.05, 3.63) is 140 Å². The third-order valence-electron chi connectivity index (χ3n) is 14.8. The number of nitrogens with two attached hydrogens (primary N) is 2. The molecule has 2 spiro atoms. The molecule has 0 radical (unpaired) electrons. The van der Waals surface area contributed by atoms with Gasteiger partial charge in [-0.15, -0.1) is 22.7 Å². The number of non-ortho nitro benzene ring substituents is 1. The van der Waals surface area contributed by atoms with Crippen molar-refractivity contribution in [3.63, 3.8) is 0 Å². The molecule has 0 bridgehead atoms. The minimum Gasteiger partial charge on any atom is -0.409 e. The first-order valence-corrected chi connectivity index (χ1v) is 26.6. The van der Waals surface area contributed by atoms with Gasteiger partial charge in [0.05, 0.1) is 16.1 Å². The molecule has 4 saturated heterocycles. The third-order valence-corrected chi connectivity index (χ3v) is 17.0. The highest BCUT2D eigenvalue weighted by atomic mass is 32.1. The summed E-state index contributed by atoms with van der Waals surface area (Å²) in [7, 11) is 0. The number of nitro groups is 1. The van der Waals surface area contributed by atoms with Gasteiger partial charge < -0.3 is 26.4 Å². The fraction of sp³-hybridized carbons (Fsp3) is 0.385. The first-order valence-electron chi connectivity index (χ1n) is 25.0. The Morgan fingerprint density at radius 2 is 1.12 bits per heavy atom. The maximum atomic E-state index is 13.1. The summed E-state index contributed by atoms with van der Waals surface area (Å²) in [5.41, 5.74) is 9.17. The number of hydrogen-bond donors (Lipinski definition) is 3. The van der Waals surface area contributed by atoms with Gasteiger partial charge in [-0.2, -0.15) is 45.9 Å². The number of carbonyl (C=O) groups is 4. The number of nitro benzene ring substituents is 1. The lowest BCUT2D eigenvalue weighted by atomic mass is 9.85. The van der Waals surface area contributed by atoms with Crippen molar-refractivity contribution < 1.29 is 55.2 Å². The van der Waals surface area contributed by atoms with Crippen LogP contribution in [-0.2, 0) is 25.4 Å². The number of fused-ring (bicyclic) bond motifs is 2. The van der Waals surface area contributed by atoms with Crippen LogP contribution >= 0.6 is 22.7 Å². The molecule has 412 valence electrons. The Bertz CT molecular complexity index is 3340. The largest absolute Gasteiger partial charge is 0.440 e. The third kappa shape index (κ3) is 12.5. The molecule has 0 unspecified atom stereocenters. The van der Waals surface area contributed by atoms with Crippen LogP contribution in [0.3, 0.4) is 0 Å². The molecule has 18 nitrogen and oxygen atoms in total. The molecule has 26 heteroatoms. The second-order valence-electron chi connectivity index (χ2n) is 19.6. The highest BCUT2D eigenvalue weighted by Crippen LogP contribution is 2.43. The van der Waals surface area contributed by atoms with E-state index in [9.17, 15) is 55.6 Å². The molecular weight excluding hydrogens is 1070 g/mol. The Hall–Kier alpha value is -7.26. The Morgan fingerprint density at radius 1 is 0.641 bits per heavy atom. The van der Waals surface area contributed by atoms with Crippen molar-refractivity contribution in [2.24, 2.45) is 11.5 Å². The first-order chi connectivity index (χ1) is 37.1. The number of alkyl halides is 6. The minimum absolute atomic E-state index is 0.0212. The number of rotatable bonds is 8. The van der Waals surface area contributed by atoms with Gasteiger partial charge in [0.2, 0.25) is 0 Å². The maximum Gasteiger partial charge on any atom is 0.440 e. The quantitative estimate of drug-likeness (QED) is 0.0734. The topological polar surface area (TPSA) is 230 Å². The Morgan fingerprint density at radius 3 is 1.58 bits per heavy atom. The number of benzene rings is 3. The molecular formula is C52H53F6N11O7S2. The van der Waals surface area contributed by atoms with Gasteiger partial charge in [0.25, 0.3) is 17.5 Å². The van der Waals surface area contributed by atoms with Crippen LogP contribution in [0.4, 0.5) is 41.6 Å². The molecule has 0 saturated carbocycles. The lowest BCUT2D eigenvalue weighted by Gasteiger charge is -2.44. The standard InChI is InChI=1S/C23H24F3N5O2S.C18H21F3N2S.C11H8N4O5/c24-23(25,26)16-3-2-15-12-17(34-19(15)13-16)14-30-8-1-5-22(30)6-10-29(11-7-22)21(33)31-9-4-18(28-31)20(27)32;19-18(20,21)14-3-2-13-10-15(24-16(13)11-14)12-23-9-1-4-17(23)5-7-22-8-6-17;12-10(16)9-5-6-14(13-9)11(17)20-8-3-1-7(2-4-8)15(18)19/h2-4,9,12-13H,1,5-8,10-11,14H2,(H2,27,32);2-3,10-11,22H,1,4-9,12H2;1-6H,(H2,12,16). The highest BCUT2D eigenvalue weighted by Gasteiger charge is 2.45. The molecule has 11 rings (SSSR count). The molecule has 0 aliphatic carbocycles. The highest BCUT2D eigenvalue weighted by molar-refractivity contribution is 7.19. The zero-order chi connectivity index (χ0) is 55.6. The lowest BCUT2D eigenvalue weighted by Crippen LogP contribution is -2.53. The predicted octanol–water partition coefficient (Wildman–Crippen LogP) is 9.89. The SMILES string of the molecule is FC(F)(F)c1ccc2cc(CN3CCCC34CCNCC4)sc2c1.NC(=O)c1ccn(C(=O)N2CCC3(CCCN3Cc3cc4ccc(C(F)(F)F)cc4s3)CC2)n1.NC(=O)c1ccn(C(=O)Oc2ccc([N+](=O)[O-])cc2)n1. The first kappa shape index (κ1) is 55.5. The molecule has 8 heterocycles.